The summed E-state index contributed by atoms with van der Waals surface area (Å²) in [5.74, 6) is 1.04. The molecule has 0 unspecified atom stereocenters. The Labute approximate surface area is 195 Å². The summed E-state index contributed by atoms with van der Waals surface area (Å²) in [6.45, 7) is 6.16. The molecular formula is C24H24ClN5OS. The minimum absolute atomic E-state index is 0.0000319. The molecule has 1 aliphatic rings. The largest absolute Gasteiger partial charge is 0.355 e. The van der Waals surface area contributed by atoms with Gasteiger partial charge in [0.2, 0.25) is 5.91 Å². The molecule has 8 heteroatoms. The van der Waals surface area contributed by atoms with Gasteiger partial charge in [-0.2, -0.15) is 0 Å². The Morgan fingerprint density at radius 2 is 2.00 bits per heavy atom. The summed E-state index contributed by atoms with van der Waals surface area (Å²) in [5, 5.41) is 4.85. The molecule has 3 aromatic heterocycles. The molecule has 1 amide bonds. The van der Waals surface area contributed by atoms with Gasteiger partial charge >= 0.3 is 0 Å². The highest BCUT2D eigenvalue weighted by molar-refractivity contribution is 7.26. The van der Waals surface area contributed by atoms with Gasteiger partial charge in [0.1, 0.15) is 17.0 Å². The van der Waals surface area contributed by atoms with Crippen LogP contribution in [0.4, 0.5) is 5.82 Å². The molecule has 4 aromatic rings. The zero-order valence-corrected chi connectivity index (χ0v) is 19.6. The summed E-state index contributed by atoms with van der Waals surface area (Å²) in [6, 6.07) is 9.71. The van der Waals surface area contributed by atoms with Crippen LogP contribution in [-0.2, 0) is 11.3 Å². The lowest BCUT2D eigenvalue weighted by molar-refractivity contribution is -0.125. The highest BCUT2D eigenvalue weighted by Crippen LogP contribution is 2.38. The number of nitrogens with zero attached hydrogens (tertiary/aromatic N) is 4. The molecule has 1 aliphatic heterocycles. The van der Waals surface area contributed by atoms with E-state index in [2.05, 4.69) is 33.2 Å². The molecule has 0 aliphatic carbocycles. The number of hydrogen-bond donors (Lipinski definition) is 1. The third-order valence-corrected chi connectivity index (χ3v) is 7.55. The van der Waals surface area contributed by atoms with Gasteiger partial charge in [-0.05, 0) is 49.9 Å². The van der Waals surface area contributed by atoms with Crippen LogP contribution in [0.15, 0.2) is 36.7 Å². The number of fused-ring (bicyclic) bond motifs is 3. The topological polar surface area (TPSA) is 71.0 Å². The van der Waals surface area contributed by atoms with Crippen LogP contribution in [0.1, 0.15) is 29.7 Å². The SMILES string of the molecule is Cc1cc(C)c2c(n1)sc1c(N3CCC(C(=O)NCc4ccccc4Cl)CC3)ncnc12. The highest BCUT2D eigenvalue weighted by atomic mass is 35.5. The van der Waals surface area contributed by atoms with Gasteiger partial charge in [0, 0.05) is 41.7 Å². The fraction of sp³-hybridized carbons (Fsp3) is 0.333. The Morgan fingerprint density at radius 1 is 1.22 bits per heavy atom. The van der Waals surface area contributed by atoms with Crippen molar-refractivity contribution in [2.45, 2.75) is 33.2 Å². The number of amides is 1. The fourth-order valence-corrected chi connectivity index (χ4v) is 5.91. The number of aromatic nitrogens is 3. The van der Waals surface area contributed by atoms with Crippen LogP contribution in [0.25, 0.3) is 20.4 Å². The molecule has 0 saturated carbocycles. The van der Waals surface area contributed by atoms with E-state index in [1.54, 1.807) is 17.7 Å². The van der Waals surface area contributed by atoms with Crippen LogP contribution in [0.5, 0.6) is 0 Å². The average molecular weight is 466 g/mol. The van der Waals surface area contributed by atoms with Crippen molar-refractivity contribution in [3.63, 3.8) is 0 Å². The second-order valence-electron chi connectivity index (χ2n) is 8.31. The van der Waals surface area contributed by atoms with E-state index in [1.165, 1.54) is 5.56 Å². The molecule has 1 aromatic carbocycles. The number of thiophene rings is 1. The van der Waals surface area contributed by atoms with E-state index in [-0.39, 0.29) is 11.8 Å². The predicted octanol–water partition coefficient (Wildman–Crippen LogP) is 5.04. The van der Waals surface area contributed by atoms with Crippen molar-refractivity contribution in [3.05, 3.63) is 58.5 Å². The van der Waals surface area contributed by atoms with Gasteiger partial charge in [-0.15, -0.1) is 11.3 Å². The zero-order chi connectivity index (χ0) is 22.2. The Hall–Kier alpha value is -2.77. The molecule has 0 radical (unpaired) electrons. The van der Waals surface area contributed by atoms with Gasteiger partial charge in [-0.1, -0.05) is 29.8 Å². The molecule has 1 N–H and O–H groups in total. The van der Waals surface area contributed by atoms with Gasteiger partial charge in [0.15, 0.2) is 0 Å². The summed E-state index contributed by atoms with van der Waals surface area (Å²) in [4.78, 5) is 29.9. The van der Waals surface area contributed by atoms with Gasteiger partial charge in [-0.3, -0.25) is 4.79 Å². The number of pyridine rings is 1. The molecule has 6 nitrogen and oxygen atoms in total. The van der Waals surface area contributed by atoms with E-state index in [0.29, 0.717) is 11.6 Å². The van der Waals surface area contributed by atoms with Crippen molar-refractivity contribution in [2.24, 2.45) is 5.92 Å². The highest BCUT2D eigenvalue weighted by Gasteiger charge is 2.27. The summed E-state index contributed by atoms with van der Waals surface area (Å²) in [6.07, 6.45) is 3.23. The van der Waals surface area contributed by atoms with Gasteiger partial charge < -0.3 is 10.2 Å². The van der Waals surface area contributed by atoms with Crippen LogP contribution in [0.2, 0.25) is 5.02 Å². The minimum atomic E-state index is 0.0000319. The maximum atomic E-state index is 12.7. The van der Waals surface area contributed by atoms with E-state index >= 15 is 0 Å². The van der Waals surface area contributed by atoms with Gasteiger partial charge in [0.05, 0.1) is 10.2 Å². The lowest BCUT2D eigenvalue weighted by Gasteiger charge is -2.32. The third-order valence-electron chi connectivity index (χ3n) is 6.11. The van der Waals surface area contributed by atoms with Gasteiger partial charge in [-0.25, -0.2) is 15.0 Å². The van der Waals surface area contributed by atoms with Crippen LogP contribution in [0, 0.1) is 19.8 Å². The quantitative estimate of drug-likeness (QED) is 0.457. The normalized spacial score (nSPS) is 14.9. The average Bonchev–Trinajstić information content (AvgIpc) is 3.17. The molecule has 5 rings (SSSR count). The van der Waals surface area contributed by atoms with Crippen molar-refractivity contribution >= 4 is 55.1 Å². The Morgan fingerprint density at radius 3 is 2.78 bits per heavy atom. The van der Waals surface area contributed by atoms with Crippen molar-refractivity contribution in [1.82, 2.24) is 20.3 Å². The summed E-state index contributed by atoms with van der Waals surface area (Å²) >= 11 is 7.86. The standard InChI is InChI=1S/C24H24ClN5OS/c1-14-11-15(2)29-24-19(14)20-21(32-24)22(28-13-27-20)30-9-7-16(8-10-30)23(31)26-12-17-5-3-4-6-18(17)25/h3-6,11,13,16H,7-10,12H2,1-2H3,(H,26,31). The van der Waals surface area contributed by atoms with E-state index in [4.69, 9.17) is 16.6 Å². The monoisotopic (exact) mass is 465 g/mol. The van der Waals surface area contributed by atoms with E-state index in [1.807, 2.05) is 31.2 Å². The second kappa shape index (κ2) is 8.64. The lowest BCUT2D eigenvalue weighted by Crippen LogP contribution is -2.40. The Kier molecular flexibility index (Phi) is 5.69. The molecule has 32 heavy (non-hydrogen) atoms. The van der Waals surface area contributed by atoms with Crippen LogP contribution in [-0.4, -0.2) is 33.9 Å². The first-order valence-electron chi connectivity index (χ1n) is 10.8. The predicted molar refractivity (Wildman–Crippen MR) is 130 cm³/mol. The number of carbonyl (C=O) groups excluding carboxylic acids is 1. The first kappa shape index (κ1) is 21.1. The first-order valence-corrected chi connectivity index (χ1v) is 12.0. The number of hydrogen-bond acceptors (Lipinski definition) is 6. The second-order valence-corrected chi connectivity index (χ2v) is 9.71. The maximum absolute atomic E-state index is 12.7. The molecule has 0 atom stereocenters. The fourth-order valence-electron chi connectivity index (χ4n) is 4.44. The number of piperidine rings is 1. The lowest BCUT2D eigenvalue weighted by atomic mass is 9.95. The molecular weight excluding hydrogens is 442 g/mol. The number of benzene rings is 1. The molecule has 4 heterocycles. The summed E-state index contributed by atoms with van der Waals surface area (Å²) < 4.78 is 1.07. The Bertz CT molecular complexity index is 1310. The van der Waals surface area contributed by atoms with E-state index in [0.717, 1.165) is 63.4 Å². The van der Waals surface area contributed by atoms with E-state index < -0.39 is 0 Å². The van der Waals surface area contributed by atoms with Crippen molar-refractivity contribution in [3.8, 4) is 0 Å². The third kappa shape index (κ3) is 3.91. The number of anilines is 1. The van der Waals surface area contributed by atoms with Crippen LogP contribution >= 0.6 is 22.9 Å². The number of halogens is 1. The van der Waals surface area contributed by atoms with Crippen LogP contribution < -0.4 is 10.2 Å². The molecule has 1 fully saturated rings. The first-order chi connectivity index (χ1) is 15.5. The summed E-state index contributed by atoms with van der Waals surface area (Å²) in [7, 11) is 0. The zero-order valence-electron chi connectivity index (χ0n) is 18.1. The number of carbonyl (C=O) groups is 1. The minimum Gasteiger partial charge on any atom is -0.355 e. The van der Waals surface area contributed by atoms with Crippen molar-refractivity contribution in [1.29, 1.82) is 0 Å². The van der Waals surface area contributed by atoms with Gasteiger partial charge in [0.25, 0.3) is 0 Å². The Balaban J connectivity index is 1.30. The molecule has 1 saturated heterocycles. The van der Waals surface area contributed by atoms with Crippen molar-refractivity contribution < 1.29 is 4.79 Å². The number of rotatable bonds is 4. The number of nitrogens with one attached hydrogen (secondary N) is 1. The number of aryl methyl sites for hydroxylation is 2. The smallest absolute Gasteiger partial charge is 0.223 e. The van der Waals surface area contributed by atoms with E-state index in [9.17, 15) is 4.79 Å². The van der Waals surface area contributed by atoms with Crippen LogP contribution in [0.3, 0.4) is 0 Å². The molecule has 0 bridgehead atoms. The molecule has 0 spiro atoms. The van der Waals surface area contributed by atoms with Crippen molar-refractivity contribution in [2.75, 3.05) is 18.0 Å². The summed E-state index contributed by atoms with van der Waals surface area (Å²) in [5.41, 5.74) is 4.11. The maximum Gasteiger partial charge on any atom is 0.223 e. The molecule has 164 valence electrons.